The summed E-state index contributed by atoms with van der Waals surface area (Å²) in [6, 6.07) is 12.8. The molecule has 2 aromatic rings. The van der Waals surface area contributed by atoms with Gasteiger partial charge in [-0.05, 0) is 42.3 Å². The second-order valence-electron chi connectivity index (χ2n) is 7.53. The number of quaternary nitrogens is 1. The number of rotatable bonds is 2. The van der Waals surface area contributed by atoms with Gasteiger partial charge in [0, 0.05) is 18.2 Å². The van der Waals surface area contributed by atoms with E-state index in [2.05, 4.69) is 32.2 Å². The summed E-state index contributed by atoms with van der Waals surface area (Å²) in [4.78, 5) is 16.5. The van der Waals surface area contributed by atoms with Crippen LogP contribution in [0, 0.1) is 12.7 Å². The fourth-order valence-electron chi connectivity index (χ4n) is 4.31. The second kappa shape index (κ2) is 6.69. The average molecular weight is 351 g/mol. The lowest BCUT2D eigenvalue weighted by molar-refractivity contribution is -0.886. The van der Waals surface area contributed by atoms with Crippen LogP contribution >= 0.6 is 0 Å². The van der Waals surface area contributed by atoms with Gasteiger partial charge in [0.25, 0.3) is 5.91 Å². The van der Waals surface area contributed by atoms with Gasteiger partial charge in [0.15, 0.2) is 0 Å². The van der Waals surface area contributed by atoms with Crippen LogP contribution in [0.5, 0.6) is 0 Å². The molecule has 4 rings (SSSR count). The number of carbonyl (C=O) groups excluding carboxylic acids is 1. The molecule has 0 bridgehead atoms. The molecule has 3 nitrogen and oxygen atoms in total. The number of hydrogen-bond acceptors (Lipinski definition) is 1. The van der Waals surface area contributed by atoms with E-state index in [1.165, 1.54) is 28.2 Å². The largest absolute Gasteiger partial charge is 0.337 e. The van der Waals surface area contributed by atoms with Crippen molar-refractivity contribution in [2.45, 2.75) is 25.3 Å². The molecule has 4 heteroatoms. The monoisotopic (exact) mass is 351 g/mol. The number of fused-ring (bicyclic) bond motifs is 3. The molecule has 134 valence electrons. The van der Waals surface area contributed by atoms with E-state index in [1.807, 2.05) is 4.90 Å². The molecule has 2 aliphatic rings. The smallest absolute Gasteiger partial charge is 0.251 e. The number of anilines is 1. The Kier molecular flexibility index (Phi) is 4.37. The Morgan fingerprint density at radius 2 is 2.00 bits per heavy atom. The van der Waals surface area contributed by atoms with Gasteiger partial charge in [-0.2, -0.15) is 0 Å². The predicted octanol–water partition coefficient (Wildman–Crippen LogP) is 2.56. The third kappa shape index (κ3) is 3.06. The molecule has 3 atom stereocenters. The molecule has 2 aliphatic heterocycles. The molecule has 1 fully saturated rings. The normalized spacial score (nSPS) is 24.6. The van der Waals surface area contributed by atoms with Gasteiger partial charge in [0.2, 0.25) is 0 Å². The summed E-state index contributed by atoms with van der Waals surface area (Å²) < 4.78 is 13.0. The van der Waals surface area contributed by atoms with E-state index in [0.717, 1.165) is 30.8 Å². The Balaban J connectivity index is 1.64. The van der Waals surface area contributed by atoms with E-state index in [9.17, 15) is 9.18 Å². The third-order valence-corrected chi connectivity index (χ3v) is 5.60. The van der Waals surface area contributed by atoms with Crippen molar-refractivity contribution in [3.05, 3.63) is 71.0 Å². The number of nitrogens with one attached hydrogen (secondary N) is 1. The van der Waals surface area contributed by atoms with Crippen molar-refractivity contribution in [2.24, 2.45) is 0 Å². The highest BCUT2D eigenvalue weighted by Gasteiger charge is 2.45. The van der Waals surface area contributed by atoms with E-state index >= 15 is 0 Å². The van der Waals surface area contributed by atoms with Gasteiger partial charge in [0.05, 0.1) is 32.1 Å². The van der Waals surface area contributed by atoms with Crippen LogP contribution in [-0.4, -0.2) is 32.1 Å². The minimum absolute atomic E-state index is 0.00600. The molecule has 0 saturated carbocycles. The van der Waals surface area contributed by atoms with Gasteiger partial charge in [-0.25, -0.2) is 4.39 Å². The van der Waals surface area contributed by atoms with Crippen LogP contribution in [0.25, 0.3) is 6.08 Å². The molecular weight excluding hydrogens is 327 g/mol. The topological polar surface area (TPSA) is 24.8 Å². The minimum atomic E-state index is -0.269. The lowest BCUT2D eigenvalue weighted by atomic mass is 9.89. The quantitative estimate of drug-likeness (QED) is 0.827. The Morgan fingerprint density at radius 1 is 1.23 bits per heavy atom. The summed E-state index contributed by atoms with van der Waals surface area (Å²) in [7, 11) is 2.23. The van der Waals surface area contributed by atoms with Crippen molar-refractivity contribution in [1.29, 1.82) is 0 Å². The number of piperidine rings is 1. The summed E-state index contributed by atoms with van der Waals surface area (Å²) in [6.07, 6.45) is 4.40. The van der Waals surface area contributed by atoms with Crippen LogP contribution in [-0.2, 0) is 4.79 Å². The maximum atomic E-state index is 13.0. The molecule has 2 heterocycles. The highest BCUT2D eigenvalue weighted by Crippen LogP contribution is 2.43. The van der Waals surface area contributed by atoms with Crippen LogP contribution in [0.15, 0.2) is 48.5 Å². The molecular formula is C22H24FN2O+. The van der Waals surface area contributed by atoms with Gasteiger partial charge in [-0.1, -0.05) is 29.8 Å². The Labute approximate surface area is 153 Å². The number of nitrogens with zero attached hydrogens (tertiary/aromatic N) is 1. The summed E-state index contributed by atoms with van der Waals surface area (Å²) in [5.41, 5.74) is 4.42. The van der Waals surface area contributed by atoms with Crippen LogP contribution in [0.1, 0.15) is 29.0 Å². The van der Waals surface area contributed by atoms with E-state index in [4.69, 9.17) is 0 Å². The molecule has 0 radical (unpaired) electrons. The lowest BCUT2D eigenvalue weighted by Gasteiger charge is -2.34. The number of likely N-dealkylation sites (tertiary alicyclic amines) is 1. The zero-order valence-corrected chi connectivity index (χ0v) is 15.2. The first kappa shape index (κ1) is 17.0. The highest BCUT2D eigenvalue weighted by molar-refractivity contribution is 6.06. The zero-order valence-electron chi connectivity index (χ0n) is 15.2. The Morgan fingerprint density at radius 3 is 2.77 bits per heavy atom. The van der Waals surface area contributed by atoms with Crippen molar-refractivity contribution in [3.63, 3.8) is 0 Å². The number of hydrogen-bond donors (Lipinski definition) is 1. The first-order chi connectivity index (χ1) is 12.5. The van der Waals surface area contributed by atoms with Crippen molar-refractivity contribution in [1.82, 2.24) is 0 Å². The van der Waals surface area contributed by atoms with E-state index in [0.29, 0.717) is 5.92 Å². The van der Waals surface area contributed by atoms with Crippen LogP contribution in [0.3, 0.4) is 0 Å². The lowest BCUT2D eigenvalue weighted by Crippen LogP contribution is -3.11. The van der Waals surface area contributed by atoms with E-state index in [1.54, 1.807) is 24.3 Å². The Bertz CT molecular complexity index is 859. The molecule has 2 aromatic carbocycles. The van der Waals surface area contributed by atoms with Crippen molar-refractivity contribution < 1.29 is 14.1 Å². The van der Waals surface area contributed by atoms with E-state index in [-0.39, 0.29) is 17.8 Å². The van der Waals surface area contributed by atoms with E-state index < -0.39 is 0 Å². The maximum absolute atomic E-state index is 13.0. The third-order valence-electron chi connectivity index (χ3n) is 5.60. The number of aryl methyl sites for hydroxylation is 1. The molecule has 0 spiro atoms. The molecule has 1 saturated heterocycles. The van der Waals surface area contributed by atoms with Crippen LogP contribution in [0.4, 0.5) is 10.1 Å². The van der Waals surface area contributed by atoms with Crippen LogP contribution in [0.2, 0.25) is 0 Å². The van der Waals surface area contributed by atoms with Gasteiger partial charge in [0.1, 0.15) is 5.82 Å². The maximum Gasteiger partial charge on any atom is 0.251 e. The summed E-state index contributed by atoms with van der Waals surface area (Å²) in [5.74, 6) is 0.141. The standard InChI is InChI=1S/C22H23FN2O/c1-15-3-9-20-18(13-15)19-14-24(2)12-11-21(19)25(20)22(26)10-6-16-4-7-17(23)8-5-16/h3-10,13,19,21H,11-12,14H2,1-2H3/p+1/b10-6+/t19-,21+/m1/s1. The Hall–Kier alpha value is -2.46. The summed E-state index contributed by atoms with van der Waals surface area (Å²) in [6.45, 7) is 4.25. The molecule has 0 aliphatic carbocycles. The highest BCUT2D eigenvalue weighted by atomic mass is 19.1. The van der Waals surface area contributed by atoms with Gasteiger partial charge in [-0.3, -0.25) is 4.79 Å². The molecule has 26 heavy (non-hydrogen) atoms. The van der Waals surface area contributed by atoms with Crippen molar-refractivity contribution in [3.8, 4) is 0 Å². The number of carbonyl (C=O) groups is 1. The number of likely N-dealkylation sites (N-methyl/N-ethyl adjacent to an activating group) is 1. The predicted molar refractivity (Wildman–Crippen MR) is 102 cm³/mol. The number of benzene rings is 2. The SMILES string of the molecule is Cc1ccc2c(c1)[C@H]1C[NH+](C)CC[C@@H]1N2C(=O)/C=C/c1ccc(F)cc1. The number of halogens is 1. The fourth-order valence-corrected chi connectivity index (χ4v) is 4.31. The molecule has 1 amide bonds. The van der Waals surface area contributed by atoms with Gasteiger partial charge < -0.3 is 9.80 Å². The zero-order chi connectivity index (χ0) is 18.3. The molecule has 1 N–H and O–H groups in total. The average Bonchev–Trinajstić information content (AvgIpc) is 2.94. The molecule has 0 aromatic heterocycles. The molecule has 1 unspecified atom stereocenters. The minimum Gasteiger partial charge on any atom is -0.337 e. The summed E-state index contributed by atoms with van der Waals surface area (Å²) in [5, 5.41) is 0. The van der Waals surface area contributed by atoms with Crippen LogP contribution < -0.4 is 9.80 Å². The van der Waals surface area contributed by atoms with Crippen molar-refractivity contribution >= 4 is 17.7 Å². The summed E-state index contributed by atoms with van der Waals surface area (Å²) >= 11 is 0. The fraction of sp³-hybridized carbons (Fsp3) is 0.318. The number of amides is 1. The first-order valence-electron chi connectivity index (χ1n) is 9.21. The van der Waals surface area contributed by atoms with Gasteiger partial charge >= 0.3 is 0 Å². The first-order valence-corrected chi connectivity index (χ1v) is 9.21. The second-order valence-corrected chi connectivity index (χ2v) is 7.53. The van der Waals surface area contributed by atoms with Gasteiger partial charge in [-0.15, -0.1) is 0 Å². The van der Waals surface area contributed by atoms with Crippen molar-refractivity contribution in [2.75, 3.05) is 25.0 Å².